The van der Waals surface area contributed by atoms with E-state index in [9.17, 15) is 9.90 Å². The van der Waals surface area contributed by atoms with Gasteiger partial charge in [0.2, 0.25) is 6.41 Å². The average molecular weight is 447 g/mol. The molecule has 3 unspecified atom stereocenters. The van der Waals surface area contributed by atoms with E-state index in [1.807, 2.05) is 18.2 Å². The van der Waals surface area contributed by atoms with Crippen LogP contribution in [-0.4, -0.2) is 32.9 Å². The Hall–Kier alpha value is -1.54. The Morgan fingerprint density at radius 1 is 1.37 bits per heavy atom. The van der Waals surface area contributed by atoms with Gasteiger partial charge in [-0.3, -0.25) is 10.1 Å². The summed E-state index contributed by atoms with van der Waals surface area (Å²) in [4.78, 5) is 13.9. The van der Waals surface area contributed by atoms with Gasteiger partial charge in [0.1, 0.15) is 5.76 Å². The molecule has 0 aromatic heterocycles. The molecule has 1 aromatic rings. The molecule has 3 atom stereocenters. The van der Waals surface area contributed by atoms with Gasteiger partial charge in [-0.2, -0.15) is 0 Å². The molecule has 0 spiro atoms. The predicted molar refractivity (Wildman–Crippen MR) is 128 cm³/mol. The Bertz CT molecular complexity index is 874. The number of aliphatic hydroxyl groups is 1. The highest BCUT2D eigenvalue weighted by Gasteiger charge is 2.42. The average Bonchev–Trinajstić information content (AvgIpc) is 3.11. The van der Waals surface area contributed by atoms with Gasteiger partial charge in [-0.1, -0.05) is 32.9 Å². The summed E-state index contributed by atoms with van der Waals surface area (Å²) in [6.07, 6.45) is 5.39. The van der Waals surface area contributed by atoms with Crippen molar-refractivity contribution in [3.05, 3.63) is 52.1 Å². The summed E-state index contributed by atoms with van der Waals surface area (Å²) in [7, 11) is -0.221. The molecule has 5 nitrogen and oxygen atoms in total. The maximum atomic E-state index is 11.1. The lowest BCUT2D eigenvalue weighted by atomic mass is 10.0. The molecule has 1 fully saturated rings. The van der Waals surface area contributed by atoms with E-state index in [2.05, 4.69) is 51.3 Å². The number of allylic oxidation sites excluding steroid dienone is 1. The van der Waals surface area contributed by atoms with Crippen molar-refractivity contribution in [2.24, 2.45) is 0 Å². The molecule has 0 saturated carbocycles. The van der Waals surface area contributed by atoms with Crippen molar-refractivity contribution in [3.63, 3.8) is 0 Å². The van der Waals surface area contributed by atoms with E-state index in [0.29, 0.717) is 0 Å². The molecule has 164 valence electrons. The molecular weight excluding hydrogens is 412 g/mol. The van der Waals surface area contributed by atoms with E-state index in [1.165, 1.54) is 9.81 Å². The zero-order valence-corrected chi connectivity index (χ0v) is 20.8. The third kappa shape index (κ3) is 4.54. The number of thioether (sulfide) groups is 1. The first-order valence-corrected chi connectivity index (χ1v) is 14.3. The van der Waals surface area contributed by atoms with Crippen LogP contribution in [0, 0.1) is 0 Å². The van der Waals surface area contributed by atoms with E-state index in [-0.39, 0.29) is 16.5 Å². The van der Waals surface area contributed by atoms with Crippen LogP contribution in [0.5, 0.6) is 0 Å². The Morgan fingerprint density at radius 3 is 2.67 bits per heavy atom. The first-order chi connectivity index (χ1) is 13.9. The summed E-state index contributed by atoms with van der Waals surface area (Å²) in [5, 5.41) is 14.3. The van der Waals surface area contributed by atoms with E-state index in [1.54, 1.807) is 25.7 Å². The molecule has 1 saturated heterocycles. The molecule has 0 bridgehead atoms. The maximum Gasteiger partial charge on any atom is 0.250 e. The number of hydrogen-bond acceptors (Lipinski definition) is 5. The second-order valence-electron chi connectivity index (χ2n) is 9.65. The number of aliphatic hydroxyl groups excluding tert-OH is 1. The monoisotopic (exact) mass is 446 g/mol. The van der Waals surface area contributed by atoms with Crippen LogP contribution in [0.25, 0.3) is 0 Å². The summed E-state index contributed by atoms with van der Waals surface area (Å²) in [6, 6.07) is 6.07. The molecule has 1 aliphatic heterocycles. The van der Waals surface area contributed by atoms with Crippen molar-refractivity contribution in [3.8, 4) is 0 Å². The minimum Gasteiger partial charge on any atom is -0.543 e. The summed E-state index contributed by atoms with van der Waals surface area (Å²) in [5.74, 6) is 0.994. The van der Waals surface area contributed by atoms with Gasteiger partial charge < -0.3 is 14.4 Å². The van der Waals surface area contributed by atoms with Crippen LogP contribution < -0.4 is 10.2 Å². The van der Waals surface area contributed by atoms with Crippen LogP contribution in [0.1, 0.15) is 56.7 Å². The van der Waals surface area contributed by atoms with Crippen LogP contribution in [0.2, 0.25) is 18.1 Å². The van der Waals surface area contributed by atoms with Crippen LogP contribution >= 0.6 is 11.8 Å². The standard InChI is InChI=1S/C23H34N2O3SSi/c1-15(27)18-13-16(25(5)14-26)11-12-17(18)22-24-19-9-8-10-20(21(19)29-22)28-30(6,7)23(2,3)4/h8,10-15,19,22,24,27H,9H2,1-7H3. The fraction of sp³-hybridized carbons (Fsp3) is 0.522. The molecule has 1 amide bonds. The first kappa shape index (κ1) is 23.1. The second-order valence-corrected chi connectivity index (χ2v) is 15.5. The maximum absolute atomic E-state index is 11.1. The number of benzene rings is 1. The lowest BCUT2D eigenvalue weighted by Crippen LogP contribution is -2.41. The lowest BCUT2D eigenvalue weighted by molar-refractivity contribution is -0.107. The van der Waals surface area contributed by atoms with Gasteiger partial charge in [-0.15, -0.1) is 11.8 Å². The number of carbonyl (C=O) groups is 1. The minimum atomic E-state index is -1.94. The van der Waals surface area contributed by atoms with E-state index >= 15 is 0 Å². The molecule has 1 aliphatic carbocycles. The third-order valence-corrected chi connectivity index (χ3v) is 12.0. The lowest BCUT2D eigenvalue weighted by Gasteiger charge is -2.38. The largest absolute Gasteiger partial charge is 0.543 e. The van der Waals surface area contributed by atoms with E-state index in [0.717, 1.165) is 35.4 Å². The molecule has 2 N–H and O–H groups in total. The second kappa shape index (κ2) is 8.53. The van der Waals surface area contributed by atoms with Crippen LogP contribution in [0.4, 0.5) is 5.69 Å². The van der Waals surface area contributed by atoms with Gasteiger partial charge >= 0.3 is 0 Å². The number of rotatable bonds is 6. The van der Waals surface area contributed by atoms with E-state index in [4.69, 9.17) is 4.43 Å². The number of hydrogen-bond donors (Lipinski definition) is 2. The van der Waals surface area contributed by atoms with Gasteiger partial charge in [0, 0.05) is 23.7 Å². The smallest absolute Gasteiger partial charge is 0.250 e. The number of fused-ring (bicyclic) bond motifs is 1. The molecular formula is C23H34N2O3SSi. The van der Waals surface area contributed by atoms with Crippen molar-refractivity contribution < 1.29 is 14.3 Å². The number of anilines is 1. The van der Waals surface area contributed by atoms with Crippen LogP contribution in [-0.2, 0) is 9.22 Å². The van der Waals surface area contributed by atoms with Crippen molar-refractivity contribution in [1.82, 2.24) is 5.32 Å². The van der Waals surface area contributed by atoms with Crippen molar-refractivity contribution >= 4 is 32.2 Å². The van der Waals surface area contributed by atoms with Crippen molar-refractivity contribution in [1.29, 1.82) is 0 Å². The van der Waals surface area contributed by atoms with Crippen molar-refractivity contribution in [2.75, 3.05) is 11.9 Å². The molecule has 3 rings (SSSR count). The number of amides is 1. The highest BCUT2D eigenvalue weighted by molar-refractivity contribution is 8.03. The molecule has 30 heavy (non-hydrogen) atoms. The van der Waals surface area contributed by atoms with Gasteiger partial charge in [-0.25, -0.2) is 0 Å². The number of nitrogens with zero attached hydrogens (tertiary/aromatic N) is 1. The molecule has 7 heteroatoms. The molecule has 0 radical (unpaired) electrons. The van der Waals surface area contributed by atoms with Gasteiger partial charge in [-0.05, 0) is 60.8 Å². The fourth-order valence-corrected chi connectivity index (χ4v) is 5.90. The van der Waals surface area contributed by atoms with Gasteiger partial charge in [0.05, 0.1) is 11.5 Å². The minimum absolute atomic E-state index is 0.0307. The number of nitrogens with one attached hydrogen (secondary N) is 1. The topological polar surface area (TPSA) is 61.8 Å². The first-order valence-electron chi connectivity index (χ1n) is 10.5. The summed E-state index contributed by atoms with van der Waals surface area (Å²) >= 11 is 1.78. The third-order valence-electron chi connectivity index (χ3n) is 6.34. The van der Waals surface area contributed by atoms with Crippen molar-refractivity contribution in [2.45, 2.75) is 69.8 Å². The summed E-state index contributed by atoms with van der Waals surface area (Å²) in [5.41, 5.74) is 2.66. The normalized spacial score (nSPS) is 22.7. The summed E-state index contributed by atoms with van der Waals surface area (Å²) < 4.78 is 6.66. The van der Waals surface area contributed by atoms with Crippen LogP contribution in [0.3, 0.4) is 0 Å². The predicted octanol–water partition coefficient (Wildman–Crippen LogP) is 5.23. The fourth-order valence-electron chi connectivity index (χ4n) is 3.41. The van der Waals surface area contributed by atoms with E-state index < -0.39 is 14.4 Å². The molecule has 1 aromatic carbocycles. The summed E-state index contributed by atoms with van der Waals surface area (Å²) in [6.45, 7) is 13.1. The zero-order valence-electron chi connectivity index (χ0n) is 19.0. The Labute approximate surface area is 185 Å². The van der Waals surface area contributed by atoms with Gasteiger partial charge in [0.15, 0.2) is 0 Å². The highest BCUT2D eigenvalue weighted by Crippen LogP contribution is 2.49. The Morgan fingerprint density at radius 2 is 2.07 bits per heavy atom. The molecule has 1 heterocycles. The quantitative estimate of drug-likeness (QED) is 0.463. The highest BCUT2D eigenvalue weighted by atomic mass is 32.2. The van der Waals surface area contributed by atoms with Gasteiger partial charge in [0.25, 0.3) is 8.32 Å². The molecule has 2 aliphatic rings. The van der Waals surface area contributed by atoms with Crippen LogP contribution in [0.15, 0.2) is 41.0 Å². The Kier molecular flexibility index (Phi) is 6.58. The number of carbonyl (C=O) groups excluding carboxylic acids is 1. The Balaban J connectivity index is 1.92. The SMILES string of the molecule is CC(O)c1cc(N(C)C=O)ccc1C1NC2CC=CC(O[Si](C)(C)C(C)(C)C)=C2S1. The zero-order chi connectivity index (χ0) is 22.3.